The monoisotopic (exact) mass is 249 g/mol. The van der Waals surface area contributed by atoms with Crippen molar-refractivity contribution in [1.29, 1.82) is 0 Å². The molecular weight excluding hydrogens is 238 g/mol. The van der Waals surface area contributed by atoms with Crippen LogP contribution >= 0.6 is 11.8 Å². The molecule has 1 saturated heterocycles. The fourth-order valence-corrected chi connectivity index (χ4v) is 3.18. The van der Waals surface area contributed by atoms with Crippen LogP contribution in [0.2, 0.25) is 0 Å². The van der Waals surface area contributed by atoms with Crippen molar-refractivity contribution >= 4 is 22.6 Å². The highest BCUT2D eigenvalue weighted by atomic mass is 32.2. The molecule has 1 aromatic carbocycles. The Balaban J connectivity index is 1.88. The largest absolute Gasteiger partial charge is 0.348 e. The lowest BCUT2D eigenvalue weighted by atomic mass is 10.1. The summed E-state index contributed by atoms with van der Waals surface area (Å²) in [6.07, 6.45) is 0. The minimum absolute atomic E-state index is 0.0534. The first-order valence-electron chi connectivity index (χ1n) is 5.44. The van der Waals surface area contributed by atoms with Gasteiger partial charge in [-0.05, 0) is 5.56 Å². The number of nitro benzene ring substituents is 1. The molecule has 0 N–H and O–H groups in total. The van der Waals surface area contributed by atoms with Gasteiger partial charge in [-0.1, -0.05) is 23.9 Å². The molecule has 0 aliphatic carbocycles. The maximum Gasteiger partial charge on any atom is 0.269 e. The van der Waals surface area contributed by atoms with E-state index in [1.165, 1.54) is 6.07 Å². The summed E-state index contributed by atoms with van der Waals surface area (Å²) < 4.78 is 0. The molecule has 5 nitrogen and oxygen atoms in total. The zero-order valence-electron chi connectivity index (χ0n) is 9.07. The lowest BCUT2D eigenvalue weighted by Gasteiger charge is -2.12. The number of thioether (sulfide) groups is 1. The average Bonchev–Trinajstić information content (AvgIpc) is 2.89. The molecule has 88 valence electrons. The Morgan fingerprint density at radius 1 is 1.53 bits per heavy atom. The summed E-state index contributed by atoms with van der Waals surface area (Å²) in [6.45, 7) is 1.89. The maximum absolute atomic E-state index is 10.7. The van der Waals surface area contributed by atoms with E-state index in [4.69, 9.17) is 0 Å². The van der Waals surface area contributed by atoms with Crippen molar-refractivity contribution in [3.05, 3.63) is 39.9 Å². The zero-order chi connectivity index (χ0) is 11.8. The van der Waals surface area contributed by atoms with Crippen LogP contribution in [-0.2, 0) is 0 Å². The molecule has 0 spiro atoms. The Bertz CT molecular complexity index is 503. The molecule has 2 aliphatic rings. The van der Waals surface area contributed by atoms with Crippen LogP contribution in [0.3, 0.4) is 0 Å². The van der Waals surface area contributed by atoms with Gasteiger partial charge in [0.1, 0.15) is 0 Å². The molecule has 0 unspecified atom stereocenters. The predicted molar refractivity (Wildman–Crippen MR) is 67.3 cm³/mol. The second kappa shape index (κ2) is 4.03. The third kappa shape index (κ3) is 1.88. The topological polar surface area (TPSA) is 58.7 Å². The van der Waals surface area contributed by atoms with Crippen LogP contribution in [-0.4, -0.2) is 33.8 Å². The second-order valence-corrected chi connectivity index (χ2v) is 5.14. The highest BCUT2D eigenvalue weighted by Gasteiger charge is 2.30. The summed E-state index contributed by atoms with van der Waals surface area (Å²) >= 11 is 1.76. The van der Waals surface area contributed by atoms with Gasteiger partial charge in [0, 0.05) is 31.0 Å². The number of benzene rings is 1. The molecule has 6 heteroatoms. The maximum atomic E-state index is 10.7. The van der Waals surface area contributed by atoms with E-state index in [0.717, 1.165) is 29.6 Å². The van der Waals surface area contributed by atoms with Gasteiger partial charge in [0.2, 0.25) is 0 Å². The highest BCUT2D eigenvalue weighted by Crippen LogP contribution is 2.33. The van der Waals surface area contributed by atoms with Crippen molar-refractivity contribution in [2.75, 3.05) is 18.8 Å². The van der Waals surface area contributed by atoms with Crippen LogP contribution in [0, 0.1) is 10.1 Å². The summed E-state index contributed by atoms with van der Waals surface area (Å²) in [7, 11) is 0. The second-order valence-electron chi connectivity index (χ2n) is 4.07. The highest BCUT2D eigenvalue weighted by molar-refractivity contribution is 8.14. The number of aliphatic imine (C=N–C) groups is 1. The number of nitrogens with zero attached hydrogens (tertiary/aromatic N) is 3. The van der Waals surface area contributed by atoms with Gasteiger partial charge in [0.05, 0.1) is 11.0 Å². The van der Waals surface area contributed by atoms with Crippen LogP contribution in [0.1, 0.15) is 11.6 Å². The number of fused-ring (bicyclic) bond motifs is 1. The van der Waals surface area contributed by atoms with E-state index in [0.29, 0.717) is 0 Å². The van der Waals surface area contributed by atoms with Gasteiger partial charge < -0.3 is 4.90 Å². The predicted octanol–water partition coefficient (Wildman–Crippen LogP) is 2.05. The van der Waals surface area contributed by atoms with Gasteiger partial charge in [0.25, 0.3) is 5.69 Å². The van der Waals surface area contributed by atoms with Crippen LogP contribution < -0.4 is 0 Å². The molecule has 17 heavy (non-hydrogen) atoms. The fourth-order valence-electron chi connectivity index (χ4n) is 2.13. The minimum atomic E-state index is -0.360. The molecule has 1 atom stereocenters. The number of hydrogen-bond acceptors (Lipinski definition) is 5. The summed E-state index contributed by atoms with van der Waals surface area (Å²) in [5, 5.41) is 11.8. The molecular formula is C11H11N3O2S. The SMILES string of the molecule is O=[N+]([O-])c1cccc([C@H]2CN3CCSC3=N2)c1. The molecule has 0 bridgehead atoms. The van der Waals surface area contributed by atoms with Crippen LogP contribution in [0.4, 0.5) is 5.69 Å². The Hall–Kier alpha value is -1.56. The third-order valence-electron chi connectivity index (χ3n) is 2.99. The fraction of sp³-hybridized carbons (Fsp3) is 0.364. The molecule has 3 rings (SSSR count). The van der Waals surface area contributed by atoms with Gasteiger partial charge >= 0.3 is 0 Å². The Kier molecular flexibility index (Phi) is 2.51. The number of hydrogen-bond donors (Lipinski definition) is 0. The lowest BCUT2D eigenvalue weighted by molar-refractivity contribution is -0.384. The molecule has 2 heterocycles. The Morgan fingerprint density at radius 2 is 2.41 bits per heavy atom. The van der Waals surface area contributed by atoms with Crippen LogP contribution in [0.5, 0.6) is 0 Å². The van der Waals surface area contributed by atoms with Crippen molar-refractivity contribution in [3.8, 4) is 0 Å². The van der Waals surface area contributed by atoms with Gasteiger partial charge in [-0.2, -0.15) is 0 Å². The molecule has 0 amide bonds. The summed E-state index contributed by atoms with van der Waals surface area (Å²) in [5.74, 6) is 1.10. The Morgan fingerprint density at radius 3 is 3.18 bits per heavy atom. The molecule has 2 aliphatic heterocycles. The van der Waals surface area contributed by atoms with Gasteiger partial charge in [0.15, 0.2) is 5.17 Å². The van der Waals surface area contributed by atoms with Crippen molar-refractivity contribution in [2.45, 2.75) is 6.04 Å². The van der Waals surface area contributed by atoms with Gasteiger partial charge in [-0.15, -0.1) is 0 Å². The number of rotatable bonds is 2. The Labute approximate surface area is 103 Å². The summed E-state index contributed by atoms with van der Waals surface area (Å²) in [4.78, 5) is 17.2. The van der Waals surface area contributed by atoms with E-state index in [1.807, 2.05) is 6.07 Å². The first-order valence-corrected chi connectivity index (χ1v) is 6.42. The molecule has 0 saturated carbocycles. The summed E-state index contributed by atoms with van der Waals surface area (Å²) in [6, 6.07) is 6.83. The van der Waals surface area contributed by atoms with Crippen molar-refractivity contribution in [3.63, 3.8) is 0 Å². The van der Waals surface area contributed by atoms with Gasteiger partial charge in [-0.3, -0.25) is 15.1 Å². The quantitative estimate of drug-likeness (QED) is 0.594. The van der Waals surface area contributed by atoms with E-state index in [9.17, 15) is 10.1 Å². The van der Waals surface area contributed by atoms with Gasteiger partial charge in [-0.25, -0.2) is 0 Å². The van der Waals surface area contributed by atoms with E-state index in [1.54, 1.807) is 23.9 Å². The third-order valence-corrected chi connectivity index (χ3v) is 4.00. The number of amidine groups is 1. The average molecular weight is 249 g/mol. The zero-order valence-corrected chi connectivity index (χ0v) is 9.89. The molecule has 0 aromatic heterocycles. The lowest BCUT2D eigenvalue weighted by Crippen LogP contribution is -2.21. The standard InChI is InChI=1S/C11H11N3O2S/c15-14(16)9-3-1-2-8(6-9)10-7-13-4-5-17-11(13)12-10/h1-3,6,10H,4-5,7H2/t10-/m1/s1. The van der Waals surface area contributed by atoms with Crippen LogP contribution in [0.25, 0.3) is 0 Å². The van der Waals surface area contributed by atoms with E-state index in [2.05, 4.69) is 9.89 Å². The first-order chi connectivity index (χ1) is 8.24. The minimum Gasteiger partial charge on any atom is -0.348 e. The smallest absolute Gasteiger partial charge is 0.269 e. The number of nitro groups is 1. The molecule has 0 radical (unpaired) electrons. The number of non-ortho nitro benzene ring substituents is 1. The van der Waals surface area contributed by atoms with E-state index < -0.39 is 0 Å². The van der Waals surface area contributed by atoms with Crippen molar-refractivity contribution < 1.29 is 4.92 Å². The molecule has 1 fully saturated rings. The van der Waals surface area contributed by atoms with E-state index in [-0.39, 0.29) is 16.7 Å². The van der Waals surface area contributed by atoms with E-state index >= 15 is 0 Å². The first kappa shape index (κ1) is 10.6. The molecule has 1 aromatic rings. The normalized spacial score (nSPS) is 22.5. The summed E-state index contributed by atoms with van der Waals surface area (Å²) in [5.41, 5.74) is 1.07. The van der Waals surface area contributed by atoms with Crippen LogP contribution in [0.15, 0.2) is 29.3 Å². The van der Waals surface area contributed by atoms with Crippen molar-refractivity contribution in [2.24, 2.45) is 4.99 Å². The van der Waals surface area contributed by atoms with Crippen molar-refractivity contribution in [1.82, 2.24) is 4.90 Å².